The van der Waals surface area contributed by atoms with Crippen LogP contribution >= 0.6 is 0 Å². The second-order valence-corrected chi connectivity index (χ2v) is 6.74. The van der Waals surface area contributed by atoms with Crippen molar-refractivity contribution in [1.29, 1.82) is 0 Å². The van der Waals surface area contributed by atoms with E-state index in [9.17, 15) is 4.39 Å². The maximum atomic E-state index is 13.0. The fourth-order valence-electron chi connectivity index (χ4n) is 3.47. The minimum absolute atomic E-state index is 0.211. The Hall–Kier alpha value is -2.49. The highest BCUT2D eigenvalue weighted by Crippen LogP contribution is 2.33. The molecule has 0 aliphatic carbocycles. The molecule has 132 valence electrons. The van der Waals surface area contributed by atoms with Gasteiger partial charge in [0.05, 0.1) is 18.8 Å². The predicted octanol–water partition coefficient (Wildman–Crippen LogP) is 4.82. The van der Waals surface area contributed by atoms with Gasteiger partial charge in [-0.2, -0.15) is 0 Å². The summed E-state index contributed by atoms with van der Waals surface area (Å²) >= 11 is 0. The number of halogens is 1. The molecule has 4 rings (SSSR count). The summed E-state index contributed by atoms with van der Waals surface area (Å²) in [5.74, 6) is -0.211. The third-order valence-corrected chi connectivity index (χ3v) is 4.87. The van der Waals surface area contributed by atoms with E-state index in [4.69, 9.17) is 4.74 Å². The molecule has 0 atom stereocenters. The summed E-state index contributed by atoms with van der Waals surface area (Å²) in [7, 11) is 0. The summed E-state index contributed by atoms with van der Waals surface area (Å²) in [6.07, 6.45) is 0.218. The van der Waals surface area contributed by atoms with Crippen LogP contribution in [0.25, 0.3) is 0 Å². The molecule has 1 fully saturated rings. The van der Waals surface area contributed by atoms with Gasteiger partial charge in [-0.3, -0.25) is 4.90 Å². The molecule has 1 aliphatic heterocycles. The third kappa shape index (κ3) is 3.85. The molecule has 0 aromatic heterocycles. The number of hydrogen-bond acceptors (Lipinski definition) is 2. The highest BCUT2D eigenvalue weighted by atomic mass is 19.1. The van der Waals surface area contributed by atoms with E-state index in [2.05, 4.69) is 65.6 Å². The molecule has 3 aromatic carbocycles. The van der Waals surface area contributed by atoms with Crippen LogP contribution in [0.4, 0.5) is 4.39 Å². The number of benzene rings is 3. The molecule has 3 heteroatoms. The van der Waals surface area contributed by atoms with Crippen LogP contribution in [0, 0.1) is 5.82 Å². The molecule has 1 heterocycles. The van der Waals surface area contributed by atoms with E-state index in [1.165, 1.54) is 23.3 Å². The van der Waals surface area contributed by atoms with Gasteiger partial charge in [0.15, 0.2) is 0 Å². The maximum Gasteiger partial charge on any atom is 0.123 e. The van der Waals surface area contributed by atoms with Crippen molar-refractivity contribution in [3.8, 4) is 0 Å². The lowest BCUT2D eigenvalue weighted by Crippen LogP contribution is -2.53. The van der Waals surface area contributed by atoms with Crippen molar-refractivity contribution >= 4 is 0 Å². The first-order valence-corrected chi connectivity index (χ1v) is 8.99. The molecule has 1 saturated heterocycles. The maximum absolute atomic E-state index is 13.0. The van der Waals surface area contributed by atoms with Crippen molar-refractivity contribution in [2.75, 3.05) is 13.1 Å². The van der Waals surface area contributed by atoms with Gasteiger partial charge in [0.2, 0.25) is 0 Å². The van der Waals surface area contributed by atoms with Crippen LogP contribution < -0.4 is 0 Å². The van der Waals surface area contributed by atoms with Gasteiger partial charge in [0.1, 0.15) is 5.82 Å². The smallest absolute Gasteiger partial charge is 0.123 e. The van der Waals surface area contributed by atoms with Crippen LogP contribution in [0.1, 0.15) is 22.7 Å². The molecule has 1 aliphatic rings. The predicted molar refractivity (Wildman–Crippen MR) is 101 cm³/mol. The first-order chi connectivity index (χ1) is 12.8. The van der Waals surface area contributed by atoms with E-state index < -0.39 is 0 Å². The van der Waals surface area contributed by atoms with E-state index in [1.807, 2.05) is 0 Å². The zero-order chi connectivity index (χ0) is 17.8. The second kappa shape index (κ2) is 7.81. The summed E-state index contributed by atoms with van der Waals surface area (Å²) in [4.78, 5) is 2.44. The van der Waals surface area contributed by atoms with Crippen molar-refractivity contribution in [3.05, 3.63) is 107 Å². The summed E-state index contributed by atoms with van der Waals surface area (Å²) in [5, 5.41) is 0. The normalized spacial score (nSPS) is 15.2. The highest BCUT2D eigenvalue weighted by Gasteiger charge is 2.34. The Kier molecular flexibility index (Phi) is 5.09. The van der Waals surface area contributed by atoms with Crippen molar-refractivity contribution in [1.82, 2.24) is 4.90 Å². The molecule has 0 amide bonds. The van der Waals surface area contributed by atoms with Crippen molar-refractivity contribution in [3.63, 3.8) is 0 Å². The zero-order valence-corrected chi connectivity index (χ0v) is 14.6. The summed E-state index contributed by atoms with van der Waals surface area (Å²) in [6, 6.07) is 28.0. The molecule has 0 N–H and O–H groups in total. The van der Waals surface area contributed by atoms with Crippen molar-refractivity contribution in [2.24, 2.45) is 0 Å². The third-order valence-electron chi connectivity index (χ3n) is 4.87. The Morgan fingerprint density at radius 1 is 0.808 bits per heavy atom. The average molecular weight is 347 g/mol. The molecular formula is C23H22FNO. The molecule has 0 bridgehead atoms. The monoisotopic (exact) mass is 347 g/mol. The summed E-state index contributed by atoms with van der Waals surface area (Å²) in [6.45, 7) is 2.32. The van der Waals surface area contributed by atoms with Gasteiger partial charge in [-0.15, -0.1) is 0 Å². The first-order valence-electron chi connectivity index (χ1n) is 8.99. The molecular weight excluding hydrogens is 325 g/mol. The number of likely N-dealkylation sites (tertiary alicyclic amines) is 1. The minimum atomic E-state index is -0.211. The van der Waals surface area contributed by atoms with E-state index in [0.29, 0.717) is 6.61 Å². The Labute approximate surface area is 153 Å². The summed E-state index contributed by atoms with van der Waals surface area (Å²) in [5.41, 5.74) is 3.61. The molecule has 0 radical (unpaired) electrons. The van der Waals surface area contributed by atoms with Crippen LogP contribution in [0.2, 0.25) is 0 Å². The van der Waals surface area contributed by atoms with Crippen molar-refractivity contribution < 1.29 is 9.13 Å². The van der Waals surface area contributed by atoms with Crippen LogP contribution in [0.5, 0.6) is 0 Å². The van der Waals surface area contributed by atoms with Crippen LogP contribution in [0.15, 0.2) is 84.9 Å². The quantitative estimate of drug-likeness (QED) is 0.634. The Balaban J connectivity index is 1.40. The van der Waals surface area contributed by atoms with Gasteiger partial charge < -0.3 is 4.74 Å². The van der Waals surface area contributed by atoms with E-state index in [-0.39, 0.29) is 18.0 Å². The van der Waals surface area contributed by atoms with Gasteiger partial charge in [-0.25, -0.2) is 4.39 Å². The SMILES string of the molecule is Fc1ccc(COC2CN(C(c3ccccc3)c3ccccc3)C2)cc1. The average Bonchev–Trinajstić information content (AvgIpc) is 2.66. The van der Waals surface area contributed by atoms with Gasteiger partial charge in [-0.05, 0) is 28.8 Å². The summed E-state index contributed by atoms with van der Waals surface area (Å²) < 4.78 is 19.0. The standard InChI is InChI=1S/C23H22FNO/c24-21-13-11-18(12-14-21)17-26-22-15-25(16-22)23(19-7-3-1-4-8-19)20-9-5-2-6-10-20/h1-14,22-23H,15-17H2. The number of rotatable bonds is 6. The molecule has 3 aromatic rings. The minimum Gasteiger partial charge on any atom is -0.371 e. The Morgan fingerprint density at radius 3 is 1.88 bits per heavy atom. The molecule has 0 saturated carbocycles. The van der Waals surface area contributed by atoms with E-state index in [0.717, 1.165) is 18.7 Å². The zero-order valence-electron chi connectivity index (χ0n) is 14.6. The number of ether oxygens (including phenoxy) is 1. The van der Waals surface area contributed by atoms with Gasteiger partial charge in [0, 0.05) is 13.1 Å². The van der Waals surface area contributed by atoms with Crippen LogP contribution in [-0.2, 0) is 11.3 Å². The van der Waals surface area contributed by atoms with Crippen LogP contribution in [0.3, 0.4) is 0 Å². The van der Waals surface area contributed by atoms with Crippen LogP contribution in [-0.4, -0.2) is 24.1 Å². The molecule has 2 nitrogen and oxygen atoms in total. The van der Waals surface area contributed by atoms with E-state index >= 15 is 0 Å². The Morgan fingerprint density at radius 2 is 1.35 bits per heavy atom. The van der Waals surface area contributed by atoms with E-state index in [1.54, 1.807) is 12.1 Å². The topological polar surface area (TPSA) is 12.5 Å². The first kappa shape index (κ1) is 17.0. The largest absolute Gasteiger partial charge is 0.371 e. The molecule has 0 spiro atoms. The lowest BCUT2D eigenvalue weighted by Gasteiger charge is -2.44. The lowest BCUT2D eigenvalue weighted by molar-refractivity contribution is -0.0741. The number of hydrogen-bond donors (Lipinski definition) is 0. The molecule has 26 heavy (non-hydrogen) atoms. The highest BCUT2D eigenvalue weighted by molar-refractivity contribution is 5.32. The fraction of sp³-hybridized carbons (Fsp3) is 0.217. The van der Waals surface area contributed by atoms with Crippen molar-refractivity contribution in [2.45, 2.75) is 18.8 Å². The molecule has 0 unspecified atom stereocenters. The van der Waals surface area contributed by atoms with Gasteiger partial charge in [-0.1, -0.05) is 72.8 Å². The fourth-order valence-corrected chi connectivity index (χ4v) is 3.47. The van der Waals surface area contributed by atoms with Gasteiger partial charge in [0.25, 0.3) is 0 Å². The second-order valence-electron chi connectivity index (χ2n) is 6.74. The van der Waals surface area contributed by atoms with Gasteiger partial charge >= 0.3 is 0 Å². The number of nitrogens with zero attached hydrogens (tertiary/aromatic N) is 1. The Bertz CT molecular complexity index is 774. The lowest BCUT2D eigenvalue weighted by atomic mass is 9.94.